The largest absolute Gasteiger partial charge is 0.465 e. The summed E-state index contributed by atoms with van der Waals surface area (Å²) in [6, 6.07) is 0. The molecule has 0 bridgehead atoms. The fraction of sp³-hybridized carbons (Fsp3) is 0.400. The lowest BCUT2D eigenvalue weighted by molar-refractivity contribution is -0.116. The lowest BCUT2D eigenvalue weighted by Gasteiger charge is -2.07. The number of esters is 2. The minimum Gasteiger partial charge on any atom is -0.465 e. The van der Waals surface area contributed by atoms with Crippen molar-refractivity contribution in [3.8, 4) is 0 Å². The van der Waals surface area contributed by atoms with Gasteiger partial charge in [0.15, 0.2) is 0 Å². The van der Waals surface area contributed by atoms with Crippen molar-refractivity contribution in [1.29, 1.82) is 0 Å². The maximum atomic E-state index is 12.5. The minimum absolute atomic E-state index is 0.00196. The molecule has 0 aliphatic carbocycles. The van der Waals surface area contributed by atoms with Crippen molar-refractivity contribution in [2.24, 2.45) is 9.98 Å². The van der Waals surface area contributed by atoms with Crippen LogP contribution < -0.4 is 20.5 Å². The molecule has 0 saturated heterocycles. The monoisotopic (exact) mass is 636 g/mol. The third-order valence-electron chi connectivity index (χ3n) is 4.50. The Hall–Kier alpha value is -3.62. The summed E-state index contributed by atoms with van der Waals surface area (Å²) in [5.74, 6) is -2.89. The highest BCUT2D eigenvalue weighted by atomic mass is 33.1. The number of carbonyl (C=O) groups excluding carboxylic acids is 6. The summed E-state index contributed by atoms with van der Waals surface area (Å²) >= 11 is 1.66. The second kappa shape index (κ2) is 15.2. The van der Waals surface area contributed by atoms with E-state index < -0.39 is 35.9 Å². The topological polar surface area (TPSA) is 198 Å². The number of ether oxygens (including phenoxy) is 4. The van der Waals surface area contributed by atoms with Crippen molar-refractivity contribution in [1.82, 2.24) is 9.35 Å². The van der Waals surface area contributed by atoms with Gasteiger partial charge in [-0.05, 0) is 13.8 Å². The fourth-order valence-electron chi connectivity index (χ4n) is 2.62. The van der Waals surface area contributed by atoms with Crippen molar-refractivity contribution < 1.29 is 47.7 Å². The van der Waals surface area contributed by atoms with Gasteiger partial charge in [-0.25, -0.2) is 39.4 Å². The molecule has 16 nitrogen and oxygen atoms in total. The van der Waals surface area contributed by atoms with Crippen LogP contribution in [0.25, 0.3) is 0 Å². The summed E-state index contributed by atoms with van der Waals surface area (Å²) in [6.45, 7) is 3.05. The number of amides is 4. The van der Waals surface area contributed by atoms with Gasteiger partial charge in [-0.1, -0.05) is 44.3 Å². The Kier molecular flexibility index (Phi) is 12.4. The van der Waals surface area contributed by atoms with Gasteiger partial charge in [0.1, 0.15) is 9.75 Å². The first-order valence-corrected chi connectivity index (χ1v) is 14.8. The normalized spacial score (nSPS) is 11.6. The van der Waals surface area contributed by atoms with E-state index in [0.717, 1.165) is 67.8 Å². The zero-order valence-corrected chi connectivity index (χ0v) is 25.2. The number of carbonyl (C=O) groups is 6. The predicted molar refractivity (Wildman–Crippen MR) is 146 cm³/mol. The Morgan fingerprint density at radius 1 is 0.675 bits per heavy atom. The highest BCUT2D eigenvalue weighted by Gasteiger charge is 2.21. The molecule has 0 aromatic carbocycles. The Morgan fingerprint density at radius 2 is 1.02 bits per heavy atom. The maximum absolute atomic E-state index is 12.5. The van der Waals surface area contributed by atoms with E-state index in [4.69, 9.17) is 9.47 Å². The number of hydrogen-bond donors (Lipinski definition) is 2. The van der Waals surface area contributed by atoms with Crippen molar-refractivity contribution >= 4 is 80.2 Å². The zero-order valence-electron chi connectivity index (χ0n) is 21.9. The van der Waals surface area contributed by atoms with Gasteiger partial charge in [0.05, 0.1) is 51.3 Å². The lowest BCUT2D eigenvalue weighted by atomic mass is 10.4. The van der Waals surface area contributed by atoms with Gasteiger partial charge >= 0.3 is 24.1 Å². The molecule has 0 fully saturated rings. The van der Waals surface area contributed by atoms with E-state index in [0.29, 0.717) is 0 Å². The van der Waals surface area contributed by atoms with Gasteiger partial charge in [-0.2, -0.15) is 9.98 Å². The average molecular weight is 637 g/mol. The Morgan fingerprint density at radius 3 is 1.32 bits per heavy atom. The fourth-order valence-corrected chi connectivity index (χ4v) is 6.24. The molecule has 0 aliphatic rings. The Balaban J connectivity index is 2.13. The molecule has 2 N–H and O–H groups in total. The molecule has 2 rings (SSSR count). The summed E-state index contributed by atoms with van der Waals surface area (Å²) in [7, 11) is 6.71. The van der Waals surface area contributed by atoms with Crippen LogP contribution in [0.1, 0.15) is 30.7 Å². The van der Waals surface area contributed by atoms with E-state index in [1.807, 2.05) is 0 Å². The van der Waals surface area contributed by atoms with Gasteiger partial charge in [0.2, 0.25) is 9.60 Å². The number of methoxy groups -OCH3 is 4. The molecule has 0 spiro atoms. The highest BCUT2D eigenvalue weighted by molar-refractivity contribution is 8.77. The van der Waals surface area contributed by atoms with E-state index in [9.17, 15) is 28.8 Å². The van der Waals surface area contributed by atoms with Crippen molar-refractivity contribution in [2.45, 2.75) is 13.8 Å². The molecule has 0 radical (unpaired) electrons. The first-order chi connectivity index (χ1) is 19.0. The van der Waals surface area contributed by atoms with Crippen LogP contribution in [-0.2, 0) is 28.5 Å². The smallest absolute Gasteiger partial charge is 0.426 e. The highest BCUT2D eigenvalue weighted by Crippen LogP contribution is 2.21. The van der Waals surface area contributed by atoms with Crippen molar-refractivity contribution in [2.75, 3.05) is 50.8 Å². The number of rotatable bonds is 9. The number of nitrogens with zero attached hydrogens (tertiary/aromatic N) is 4. The third-order valence-corrected chi connectivity index (χ3v) is 8.85. The molecule has 0 unspecified atom stereocenters. The summed E-state index contributed by atoms with van der Waals surface area (Å²) in [6.07, 6.45) is -1.69. The molecule has 4 amide bonds. The van der Waals surface area contributed by atoms with Crippen LogP contribution in [-0.4, -0.2) is 85.2 Å². The molecule has 2 aromatic rings. The van der Waals surface area contributed by atoms with Crippen LogP contribution in [0.3, 0.4) is 0 Å². The summed E-state index contributed by atoms with van der Waals surface area (Å²) in [5.41, 5.74) is 5.27. The van der Waals surface area contributed by atoms with E-state index in [1.54, 1.807) is 0 Å². The lowest BCUT2D eigenvalue weighted by Crippen LogP contribution is -2.32. The van der Waals surface area contributed by atoms with Crippen LogP contribution in [0.15, 0.2) is 9.98 Å². The number of hydrogen-bond acceptors (Lipinski definition) is 14. The third kappa shape index (κ3) is 8.44. The molecule has 2 aromatic heterocycles. The van der Waals surface area contributed by atoms with Gasteiger partial charge in [0, 0.05) is 0 Å². The molecule has 218 valence electrons. The number of nitrogens with one attached hydrogen (secondary N) is 2. The van der Waals surface area contributed by atoms with E-state index in [1.165, 1.54) is 28.1 Å². The minimum atomic E-state index is -0.846. The Labute approximate surface area is 242 Å². The second-order valence-electron chi connectivity index (χ2n) is 6.99. The molecular weight excluding hydrogens is 613 g/mol. The Bertz CT molecular complexity index is 1350. The average Bonchev–Trinajstić information content (AvgIpc) is 3.40. The standard InChI is InChI=1S/C20H24N6O10S4/c1-9-13(15(29)33-3)39-17(25(9)23-19(31)35-5)21-11(27)7-37-38-8-12(28)22-18-26(24-20(32)36-6)10(2)14(40-18)16(30)34-4/h7-8H2,1-6H3,(H,23,31)(H,24,32). The van der Waals surface area contributed by atoms with Crippen molar-refractivity contribution in [3.63, 3.8) is 0 Å². The molecule has 0 atom stereocenters. The molecule has 0 aliphatic heterocycles. The van der Waals surface area contributed by atoms with Crippen LogP contribution >= 0.6 is 44.3 Å². The first kappa shape index (κ1) is 32.6. The molecule has 40 heavy (non-hydrogen) atoms. The van der Waals surface area contributed by atoms with Gasteiger partial charge in [-0.3, -0.25) is 9.59 Å². The van der Waals surface area contributed by atoms with E-state index >= 15 is 0 Å². The molecular formula is C20H24N6O10S4. The summed E-state index contributed by atoms with van der Waals surface area (Å²) in [4.78, 5) is 80.4. The van der Waals surface area contributed by atoms with Crippen LogP contribution in [0.2, 0.25) is 0 Å². The summed E-state index contributed by atoms with van der Waals surface area (Å²) < 4.78 is 20.8. The molecule has 20 heteroatoms. The quantitative estimate of drug-likeness (QED) is 0.173. The maximum Gasteiger partial charge on any atom is 0.426 e. The van der Waals surface area contributed by atoms with Gasteiger partial charge < -0.3 is 18.9 Å². The first-order valence-electron chi connectivity index (χ1n) is 10.7. The van der Waals surface area contributed by atoms with Gasteiger partial charge in [0.25, 0.3) is 11.8 Å². The SMILES string of the molecule is COC(=O)Nn1c(C)c(C(=O)OC)sc1=NC(=O)CSSCC(=O)N=c1sc(C(=O)OC)c(C)n1NC(=O)OC. The zero-order chi connectivity index (χ0) is 30.0. The molecule has 0 saturated carbocycles. The van der Waals surface area contributed by atoms with E-state index in [2.05, 4.69) is 30.3 Å². The van der Waals surface area contributed by atoms with Crippen molar-refractivity contribution in [3.05, 3.63) is 30.7 Å². The predicted octanol–water partition coefficient (Wildman–Crippen LogP) is 1.16. The summed E-state index contributed by atoms with van der Waals surface area (Å²) in [5, 5.41) is 0. The van der Waals surface area contributed by atoms with Crippen LogP contribution in [0, 0.1) is 13.8 Å². The molecule has 2 heterocycles. The van der Waals surface area contributed by atoms with Crippen LogP contribution in [0.5, 0.6) is 0 Å². The van der Waals surface area contributed by atoms with Crippen LogP contribution in [0.4, 0.5) is 9.59 Å². The van der Waals surface area contributed by atoms with Gasteiger partial charge in [-0.15, -0.1) is 0 Å². The van der Waals surface area contributed by atoms with E-state index in [-0.39, 0.29) is 42.3 Å². The second-order valence-corrected chi connectivity index (χ2v) is 11.4. The number of aromatic nitrogens is 2. The number of thiazole rings is 2.